The van der Waals surface area contributed by atoms with E-state index in [1.54, 1.807) is 0 Å². The van der Waals surface area contributed by atoms with Crippen molar-refractivity contribution in [2.24, 2.45) is 5.73 Å². The first kappa shape index (κ1) is 13.9. The Labute approximate surface area is 121 Å². The van der Waals surface area contributed by atoms with Crippen LogP contribution in [0.1, 0.15) is 12.8 Å². The summed E-state index contributed by atoms with van der Waals surface area (Å²) in [6, 6.07) is 0. The molecule has 1 aliphatic rings. The lowest BCUT2D eigenvalue weighted by Crippen LogP contribution is -2.30. The van der Waals surface area contributed by atoms with Gasteiger partial charge in [0, 0.05) is 6.54 Å². The van der Waals surface area contributed by atoms with Crippen LogP contribution in [-0.2, 0) is 9.53 Å². The van der Waals surface area contributed by atoms with Gasteiger partial charge in [0.25, 0.3) is 5.91 Å². The SMILES string of the molecule is NCC1CCC(C(=O)Nc2ncc(Br)nc2Br)O1. The standard InChI is InChI=1S/C10H12Br2N4O2/c11-7-4-14-9(8(12)15-7)16-10(17)6-2-1-5(3-13)18-6/h4-6H,1-3,13H2,(H,14,16,17). The molecule has 0 bridgehead atoms. The summed E-state index contributed by atoms with van der Waals surface area (Å²) in [6.07, 6.45) is 2.51. The van der Waals surface area contributed by atoms with Crippen molar-refractivity contribution >= 4 is 43.6 Å². The van der Waals surface area contributed by atoms with Crippen molar-refractivity contribution < 1.29 is 9.53 Å². The smallest absolute Gasteiger partial charge is 0.254 e. The van der Waals surface area contributed by atoms with Gasteiger partial charge in [-0.2, -0.15) is 0 Å². The first-order valence-electron chi connectivity index (χ1n) is 5.44. The highest BCUT2D eigenvalue weighted by atomic mass is 79.9. The molecule has 2 unspecified atom stereocenters. The molecule has 1 fully saturated rings. The lowest BCUT2D eigenvalue weighted by molar-refractivity contribution is -0.126. The predicted molar refractivity (Wildman–Crippen MR) is 73.0 cm³/mol. The van der Waals surface area contributed by atoms with E-state index in [1.165, 1.54) is 6.20 Å². The van der Waals surface area contributed by atoms with Gasteiger partial charge in [-0.3, -0.25) is 4.79 Å². The fourth-order valence-electron chi connectivity index (χ4n) is 1.70. The average Bonchev–Trinajstić information content (AvgIpc) is 2.81. The predicted octanol–water partition coefficient (Wildman–Crippen LogP) is 1.45. The van der Waals surface area contributed by atoms with Crippen LogP contribution in [0.5, 0.6) is 0 Å². The first-order valence-corrected chi connectivity index (χ1v) is 7.03. The van der Waals surface area contributed by atoms with Crippen LogP contribution in [-0.4, -0.2) is 34.6 Å². The molecule has 2 rings (SSSR count). The van der Waals surface area contributed by atoms with E-state index in [4.69, 9.17) is 10.5 Å². The number of nitrogens with zero attached hydrogens (tertiary/aromatic N) is 2. The molecule has 1 aromatic rings. The number of aromatic nitrogens is 2. The molecule has 2 heterocycles. The van der Waals surface area contributed by atoms with Crippen LogP contribution in [0.25, 0.3) is 0 Å². The Kier molecular flexibility index (Phi) is 4.66. The van der Waals surface area contributed by atoms with E-state index in [0.29, 0.717) is 28.0 Å². The van der Waals surface area contributed by atoms with Crippen LogP contribution < -0.4 is 11.1 Å². The van der Waals surface area contributed by atoms with Crippen LogP contribution in [0.15, 0.2) is 15.4 Å². The summed E-state index contributed by atoms with van der Waals surface area (Å²) in [5, 5.41) is 2.68. The molecule has 1 amide bonds. The third-order valence-corrected chi connectivity index (χ3v) is 3.54. The summed E-state index contributed by atoms with van der Waals surface area (Å²) < 4.78 is 6.56. The van der Waals surface area contributed by atoms with E-state index in [0.717, 1.165) is 6.42 Å². The number of carbonyl (C=O) groups excluding carboxylic acids is 1. The van der Waals surface area contributed by atoms with Crippen LogP contribution >= 0.6 is 31.9 Å². The van der Waals surface area contributed by atoms with Gasteiger partial charge in [-0.15, -0.1) is 0 Å². The van der Waals surface area contributed by atoms with Crippen molar-refractivity contribution in [2.45, 2.75) is 25.0 Å². The molecule has 1 aliphatic heterocycles. The summed E-state index contributed by atoms with van der Waals surface area (Å²) in [5.74, 6) is 0.159. The Morgan fingerprint density at radius 3 is 2.94 bits per heavy atom. The monoisotopic (exact) mass is 378 g/mol. The lowest BCUT2D eigenvalue weighted by atomic mass is 10.2. The normalized spacial score (nSPS) is 23.1. The fraction of sp³-hybridized carbons (Fsp3) is 0.500. The van der Waals surface area contributed by atoms with E-state index in [1.807, 2.05) is 0 Å². The largest absolute Gasteiger partial charge is 0.364 e. The Morgan fingerprint density at radius 2 is 2.33 bits per heavy atom. The maximum absolute atomic E-state index is 11.9. The molecule has 0 spiro atoms. The van der Waals surface area contributed by atoms with Crippen LogP contribution in [0.3, 0.4) is 0 Å². The minimum Gasteiger partial charge on any atom is -0.364 e. The molecule has 2 atom stereocenters. The van der Waals surface area contributed by atoms with Crippen molar-refractivity contribution in [3.8, 4) is 0 Å². The van der Waals surface area contributed by atoms with E-state index in [-0.39, 0.29) is 12.0 Å². The number of anilines is 1. The third kappa shape index (κ3) is 3.25. The highest BCUT2D eigenvalue weighted by Gasteiger charge is 2.30. The number of halogens is 2. The number of nitrogens with two attached hydrogens (primary N) is 1. The van der Waals surface area contributed by atoms with Gasteiger partial charge < -0.3 is 15.8 Å². The zero-order valence-corrected chi connectivity index (χ0v) is 12.6. The number of ether oxygens (including phenoxy) is 1. The average molecular weight is 380 g/mol. The minimum absolute atomic E-state index is 0.0276. The second kappa shape index (κ2) is 6.05. The number of amides is 1. The summed E-state index contributed by atoms with van der Waals surface area (Å²) in [7, 11) is 0. The molecule has 6 nitrogen and oxygen atoms in total. The third-order valence-electron chi connectivity index (χ3n) is 2.61. The maximum Gasteiger partial charge on any atom is 0.254 e. The topological polar surface area (TPSA) is 90.1 Å². The fourth-order valence-corrected chi connectivity index (χ4v) is 2.61. The van der Waals surface area contributed by atoms with Gasteiger partial charge in [-0.25, -0.2) is 9.97 Å². The summed E-state index contributed by atoms with van der Waals surface area (Å²) in [6.45, 7) is 0.436. The molecule has 18 heavy (non-hydrogen) atoms. The molecular formula is C10H12Br2N4O2. The van der Waals surface area contributed by atoms with Crippen molar-refractivity contribution in [1.82, 2.24) is 9.97 Å². The van der Waals surface area contributed by atoms with Gasteiger partial charge in [-0.05, 0) is 44.7 Å². The van der Waals surface area contributed by atoms with E-state index in [9.17, 15) is 4.79 Å². The first-order chi connectivity index (χ1) is 8.60. The van der Waals surface area contributed by atoms with E-state index in [2.05, 4.69) is 47.1 Å². The number of hydrogen-bond donors (Lipinski definition) is 2. The molecule has 3 N–H and O–H groups in total. The molecule has 0 aromatic carbocycles. The van der Waals surface area contributed by atoms with Gasteiger partial charge in [0.1, 0.15) is 15.3 Å². The molecule has 8 heteroatoms. The van der Waals surface area contributed by atoms with Gasteiger partial charge in [0.2, 0.25) is 0 Å². The van der Waals surface area contributed by atoms with Gasteiger partial charge >= 0.3 is 0 Å². The van der Waals surface area contributed by atoms with Crippen LogP contribution in [0.2, 0.25) is 0 Å². The molecule has 1 aromatic heterocycles. The highest BCUT2D eigenvalue weighted by Crippen LogP contribution is 2.23. The highest BCUT2D eigenvalue weighted by molar-refractivity contribution is 9.11. The van der Waals surface area contributed by atoms with Crippen molar-refractivity contribution in [3.05, 3.63) is 15.4 Å². The van der Waals surface area contributed by atoms with Crippen molar-refractivity contribution in [1.29, 1.82) is 0 Å². The van der Waals surface area contributed by atoms with Gasteiger partial charge in [-0.1, -0.05) is 0 Å². The van der Waals surface area contributed by atoms with Gasteiger partial charge in [0.05, 0.1) is 12.3 Å². The number of nitrogens with one attached hydrogen (secondary N) is 1. The zero-order chi connectivity index (χ0) is 13.1. The molecule has 1 saturated heterocycles. The zero-order valence-electron chi connectivity index (χ0n) is 9.40. The second-order valence-electron chi connectivity index (χ2n) is 3.88. The molecule has 0 radical (unpaired) electrons. The number of carbonyl (C=O) groups is 1. The van der Waals surface area contributed by atoms with Crippen molar-refractivity contribution in [2.75, 3.05) is 11.9 Å². The van der Waals surface area contributed by atoms with E-state index < -0.39 is 6.10 Å². The Bertz CT molecular complexity index is 458. The molecule has 0 saturated carbocycles. The Morgan fingerprint density at radius 1 is 1.56 bits per heavy atom. The molecular weight excluding hydrogens is 368 g/mol. The summed E-state index contributed by atoms with van der Waals surface area (Å²) >= 11 is 6.42. The summed E-state index contributed by atoms with van der Waals surface area (Å²) in [5.41, 5.74) is 5.50. The summed E-state index contributed by atoms with van der Waals surface area (Å²) in [4.78, 5) is 20.1. The maximum atomic E-state index is 11.9. The molecule has 98 valence electrons. The van der Waals surface area contributed by atoms with Crippen molar-refractivity contribution in [3.63, 3.8) is 0 Å². The minimum atomic E-state index is -0.462. The Balaban J connectivity index is 1.99. The van der Waals surface area contributed by atoms with Crippen LogP contribution in [0, 0.1) is 0 Å². The molecule has 0 aliphatic carbocycles. The number of rotatable bonds is 3. The lowest BCUT2D eigenvalue weighted by Gasteiger charge is -2.12. The Hall–Kier alpha value is -0.570. The van der Waals surface area contributed by atoms with Crippen LogP contribution in [0.4, 0.5) is 5.82 Å². The van der Waals surface area contributed by atoms with E-state index >= 15 is 0 Å². The quantitative estimate of drug-likeness (QED) is 0.829. The number of hydrogen-bond acceptors (Lipinski definition) is 5. The second-order valence-corrected chi connectivity index (χ2v) is 5.44. The van der Waals surface area contributed by atoms with Gasteiger partial charge in [0.15, 0.2) is 5.82 Å².